The number of rotatable bonds is 14. The maximum absolute atomic E-state index is 13.3. The number of carbonyl (C=O) groups is 2. The van der Waals surface area contributed by atoms with E-state index in [2.05, 4.69) is 20.6 Å². The van der Waals surface area contributed by atoms with Crippen LogP contribution in [-0.2, 0) is 19.4 Å². The lowest BCUT2D eigenvalue weighted by atomic mass is 10.1. The zero-order chi connectivity index (χ0) is 28.7. The number of nitrogens with two attached hydrogens (primary N) is 4. The highest BCUT2D eigenvalue weighted by molar-refractivity contribution is 7.94. The number of nitrogens with one attached hydrogen (secondary N) is 2. The fourth-order valence-electron chi connectivity index (χ4n) is 3.69. The standard InChI is InChI=1S/C24H39N9O5S/c25-22(26)29-11-4-6-18(10-17-39(36,37)19-7-2-1-3-8-19)31-21(34)20(9-5-12-30-23(27)28)32-24(35)33-13-15-38-16-14-33/h1-3,7-8,10,17-18,20H,4-6,9,11-16H2,(H,31,34)(H,32,35)(H4,25,26,29)(H4,27,28,30)/b17-10+/t18-,20?/m0/s1. The molecule has 0 spiro atoms. The van der Waals surface area contributed by atoms with Crippen LogP contribution >= 0.6 is 0 Å². The fourth-order valence-corrected chi connectivity index (χ4v) is 4.78. The summed E-state index contributed by atoms with van der Waals surface area (Å²) >= 11 is 0. The SMILES string of the molecule is NC(N)=NCCCC(NC(=O)N1CCOCC1)C(=O)N[C@H](/C=C/S(=O)(=O)c1ccccc1)CCCN=C(N)N. The molecular weight excluding hydrogens is 526 g/mol. The van der Waals surface area contributed by atoms with Gasteiger partial charge in [0.05, 0.1) is 18.1 Å². The van der Waals surface area contributed by atoms with Crippen molar-refractivity contribution in [3.8, 4) is 0 Å². The van der Waals surface area contributed by atoms with Crippen LogP contribution in [0.2, 0.25) is 0 Å². The first-order chi connectivity index (χ1) is 18.6. The van der Waals surface area contributed by atoms with E-state index in [-0.39, 0.29) is 29.8 Å². The number of hydrogen-bond acceptors (Lipinski definition) is 7. The van der Waals surface area contributed by atoms with E-state index in [9.17, 15) is 18.0 Å². The second-order valence-electron chi connectivity index (χ2n) is 8.80. The maximum atomic E-state index is 13.3. The molecule has 15 heteroatoms. The van der Waals surface area contributed by atoms with Crippen LogP contribution in [-0.4, -0.2) is 88.7 Å². The number of ether oxygens (including phenoxy) is 1. The lowest BCUT2D eigenvalue weighted by Gasteiger charge is -2.29. The van der Waals surface area contributed by atoms with Crippen molar-refractivity contribution in [2.45, 2.75) is 42.7 Å². The van der Waals surface area contributed by atoms with Gasteiger partial charge in [0.1, 0.15) is 6.04 Å². The Morgan fingerprint density at radius 1 is 0.949 bits per heavy atom. The van der Waals surface area contributed by atoms with Gasteiger partial charge in [-0.15, -0.1) is 0 Å². The molecular formula is C24H39N9O5S. The van der Waals surface area contributed by atoms with Crippen molar-refractivity contribution in [2.24, 2.45) is 32.9 Å². The Bertz CT molecular complexity index is 1110. The average Bonchev–Trinajstić information content (AvgIpc) is 2.91. The molecule has 1 saturated heterocycles. The van der Waals surface area contributed by atoms with Crippen molar-refractivity contribution in [1.29, 1.82) is 0 Å². The minimum atomic E-state index is -3.74. The molecule has 1 fully saturated rings. The zero-order valence-corrected chi connectivity index (χ0v) is 22.7. The van der Waals surface area contributed by atoms with Crippen LogP contribution < -0.4 is 33.6 Å². The molecule has 1 unspecified atom stereocenters. The number of amides is 3. The third kappa shape index (κ3) is 12.0. The van der Waals surface area contributed by atoms with E-state index in [0.717, 1.165) is 5.41 Å². The predicted molar refractivity (Wildman–Crippen MR) is 149 cm³/mol. The third-order valence-corrected chi connectivity index (χ3v) is 7.16. The molecule has 2 atom stereocenters. The number of morpholine rings is 1. The minimum absolute atomic E-state index is 0.0653. The predicted octanol–water partition coefficient (Wildman–Crippen LogP) is -1.02. The van der Waals surface area contributed by atoms with E-state index in [0.29, 0.717) is 52.1 Å². The van der Waals surface area contributed by atoms with Crippen LogP contribution in [0.4, 0.5) is 4.79 Å². The molecule has 0 aromatic heterocycles. The summed E-state index contributed by atoms with van der Waals surface area (Å²) in [7, 11) is -3.74. The van der Waals surface area contributed by atoms with Gasteiger partial charge in [0.2, 0.25) is 5.91 Å². The molecule has 1 aliphatic heterocycles. The molecule has 39 heavy (non-hydrogen) atoms. The molecule has 14 nitrogen and oxygen atoms in total. The smallest absolute Gasteiger partial charge is 0.318 e. The summed E-state index contributed by atoms with van der Waals surface area (Å²) in [6.45, 7) is 2.20. The molecule has 216 valence electrons. The number of nitrogens with zero attached hydrogens (tertiary/aromatic N) is 3. The first-order valence-electron chi connectivity index (χ1n) is 12.6. The lowest BCUT2D eigenvalue weighted by molar-refractivity contribution is -0.123. The quantitative estimate of drug-likeness (QED) is 0.0918. The van der Waals surface area contributed by atoms with Gasteiger partial charge in [0.15, 0.2) is 21.8 Å². The number of aliphatic imine (C=N–C) groups is 2. The van der Waals surface area contributed by atoms with Crippen molar-refractivity contribution in [3.05, 3.63) is 41.8 Å². The van der Waals surface area contributed by atoms with Crippen LogP contribution in [0.25, 0.3) is 0 Å². The summed E-state index contributed by atoms with van der Waals surface area (Å²) in [6.07, 6.45) is 2.91. The Balaban J connectivity index is 2.17. The first-order valence-corrected chi connectivity index (χ1v) is 14.2. The highest BCUT2D eigenvalue weighted by Crippen LogP contribution is 2.13. The van der Waals surface area contributed by atoms with Gasteiger partial charge in [-0.2, -0.15) is 0 Å². The third-order valence-electron chi connectivity index (χ3n) is 5.71. The highest BCUT2D eigenvalue weighted by Gasteiger charge is 2.26. The Hall–Kier alpha value is -3.85. The van der Waals surface area contributed by atoms with Crippen molar-refractivity contribution in [1.82, 2.24) is 15.5 Å². The van der Waals surface area contributed by atoms with Gasteiger partial charge in [-0.3, -0.25) is 14.8 Å². The topological polar surface area (TPSA) is 234 Å². The van der Waals surface area contributed by atoms with Crippen LogP contribution in [0.15, 0.2) is 56.7 Å². The largest absolute Gasteiger partial charge is 0.378 e. The normalized spacial score (nSPS) is 15.2. The van der Waals surface area contributed by atoms with Crippen LogP contribution in [0.1, 0.15) is 25.7 Å². The van der Waals surface area contributed by atoms with Gasteiger partial charge in [0.25, 0.3) is 0 Å². The zero-order valence-electron chi connectivity index (χ0n) is 21.9. The van der Waals surface area contributed by atoms with E-state index < -0.39 is 33.9 Å². The van der Waals surface area contributed by atoms with Crippen LogP contribution in [0, 0.1) is 0 Å². The molecule has 1 aromatic rings. The van der Waals surface area contributed by atoms with Crippen LogP contribution in [0.5, 0.6) is 0 Å². The second kappa shape index (κ2) is 16.2. The Morgan fingerprint density at radius 2 is 1.54 bits per heavy atom. The number of hydrogen-bond donors (Lipinski definition) is 6. The summed E-state index contributed by atoms with van der Waals surface area (Å²) in [5.41, 5.74) is 21.5. The molecule has 0 saturated carbocycles. The molecule has 1 aromatic carbocycles. The Kier molecular flexibility index (Phi) is 13.0. The Morgan fingerprint density at radius 3 is 2.13 bits per heavy atom. The molecule has 0 aliphatic carbocycles. The number of urea groups is 1. The monoisotopic (exact) mass is 565 g/mol. The number of benzene rings is 1. The number of sulfone groups is 1. The fraction of sp³-hybridized carbons (Fsp3) is 0.500. The minimum Gasteiger partial charge on any atom is -0.378 e. The maximum Gasteiger partial charge on any atom is 0.318 e. The van der Waals surface area contributed by atoms with Gasteiger partial charge in [0, 0.05) is 37.6 Å². The number of guanidine groups is 2. The summed E-state index contributed by atoms with van der Waals surface area (Å²) in [4.78, 5) is 35.7. The summed E-state index contributed by atoms with van der Waals surface area (Å²) in [5.74, 6) is -0.613. The molecule has 1 aliphatic rings. The molecule has 1 heterocycles. The Labute approximate surface area is 228 Å². The van der Waals surface area contributed by atoms with Gasteiger partial charge < -0.3 is 43.2 Å². The summed E-state index contributed by atoms with van der Waals surface area (Å²) in [6, 6.07) is 5.96. The second-order valence-corrected chi connectivity index (χ2v) is 10.6. The molecule has 3 amide bonds. The molecule has 2 rings (SSSR count). The molecule has 0 bridgehead atoms. The van der Waals surface area contributed by atoms with Gasteiger partial charge in [-0.1, -0.05) is 24.3 Å². The first kappa shape index (κ1) is 31.4. The summed E-state index contributed by atoms with van der Waals surface area (Å²) < 4.78 is 30.8. The highest BCUT2D eigenvalue weighted by atomic mass is 32.2. The van der Waals surface area contributed by atoms with Crippen molar-refractivity contribution >= 4 is 33.7 Å². The van der Waals surface area contributed by atoms with Crippen LogP contribution in [0.3, 0.4) is 0 Å². The van der Waals surface area contributed by atoms with Crippen molar-refractivity contribution in [3.63, 3.8) is 0 Å². The van der Waals surface area contributed by atoms with Gasteiger partial charge >= 0.3 is 6.03 Å². The molecule has 0 radical (unpaired) electrons. The van der Waals surface area contributed by atoms with Crippen molar-refractivity contribution < 1.29 is 22.7 Å². The lowest BCUT2D eigenvalue weighted by Crippen LogP contribution is -2.54. The van der Waals surface area contributed by atoms with E-state index in [1.165, 1.54) is 18.2 Å². The van der Waals surface area contributed by atoms with Crippen molar-refractivity contribution in [2.75, 3.05) is 39.4 Å². The van der Waals surface area contributed by atoms with E-state index in [1.807, 2.05) is 0 Å². The number of carbonyl (C=O) groups excluding carboxylic acids is 2. The summed E-state index contributed by atoms with van der Waals surface area (Å²) in [5, 5.41) is 6.68. The van der Waals surface area contributed by atoms with E-state index in [1.54, 1.807) is 23.1 Å². The van der Waals surface area contributed by atoms with E-state index in [4.69, 9.17) is 27.7 Å². The van der Waals surface area contributed by atoms with Gasteiger partial charge in [-0.05, 0) is 37.8 Å². The average molecular weight is 566 g/mol. The van der Waals surface area contributed by atoms with E-state index >= 15 is 0 Å². The van der Waals surface area contributed by atoms with Gasteiger partial charge in [-0.25, -0.2) is 13.2 Å². The molecule has 10 N–H and O–H groups in total.